The first-order chi connectivity index (χ1) is 10.2. The number of hydrogen-bond donors (Lipinski definition) is 1. The second-order valence-corrected chi connectivity index (χ2v) is 6.76. The van der Waals surface area contributed by atoms with Crippen LogP contribution in [-0.2, 0) is 4.74 Å². The van der Waals surface area contributed by atoms with Crippen LogP contribution in [0, 0.1) is 11.8 Å². The summed E-state index contributed by atoms with van der Waals surface area (Å²) in [7, 11) is 0. The summed E-state index contributed by atoms with van der Waals surface area (Å²) in [5.74, 6) is 1.86. The average Bonchev–Trinajstić information content (AvgIpc) is 2.98. The van der Waals surface area contributed by atoms with Crippen molar-refractivity contribution in [2.24, 2.45) is 11.8 Å². The van der Waals surface area contributed by atoms with E-state index in [0.29, 0.717) is 21.9 Å². The van der Waals surface area contributed by atoms with Gasteiger partial charge in [0.25, 0.3) is 0 Å². The molecule has 0 aromatic heterocycles. The molecule has 1 unspecified atom stereocenters. The zero-order chi connectivity index (χ0) is 14.7. The molecule has 2 heterocycles. The van der Waals surface area contributed by atoms with Crippen LogP contribution in [0.5, 0.6) is 5.75 Å². The number of nitrogens with one attached hydrogen (secondary N) is 1. The molecule has 2 saturated heterocycles. The van der Waals surface area contributed by atoms with E-state index in [1.165, 1.54) is 0 Å². The molecule has 0 spiro atoms. The van der Waals surface area contributed by atoms with E-state index in [9.17, 15) is 0 Å². The molecule has 5 heteroatoms. The number of benzene rings is 1. The Balaban J connectivity index is 1.77. The molecule has 21 heavy (non-hydrogen) atoms. The molecule has 2 aliphatic rings. The minimum Gasteiger partial charge on any atom is -0.490 e. The Kier molecular flexibility index (Phi) is 5.28. The topological polar surface area (TPSA) is 30.5 Å². The number of ether oxygens (including phenoxy) is 2. The second kappa shape index (κ2) is 7.19. The summed E-state index contributed by atoms with van der Waals surface area (Å²) in [5, 5.41) is 4.67. The maximum absolute atomic E-state index is 6.34. The highest BCUT2D eigenvalue weighted by atomic mass is 35.5. The SMILES string of the molecule is Clc1cc(Cl)cc(O[C@@H](C2CCOCC2)C2CCNC2)c1. The van der Waals surface area contributed by atoms with Crippen LogP contribution >= 0.6 is 23.2 Å². The summed E-state index contributed by atoms with van der Waals surface area (Å²) in [6, 6.07) is 5.43. The van der Waals surface area contributed by atoms with Crippen molar-refractivity contribution >= 4 is 23.2 Å². The zero-order valence-corrected chi connectivity index (χ0v) is 13.5. The zero-order valence-electron chi connectivity index (χ0n) is 12.0. The minimum absolute atomic E-state index is 0.207. The van der Waals surface area contributed by atoms with Gasteiger partial charge in [-0.05, 0) is 44.0 Å². The summed E-state index contributed by atoms with van der Waals surface area (Å²) < 4.78 is 11.8. The largest absolute Gasteiger partial charge is 0.490 e. The van der Waals surface area contributed by atoms with E-state index < -0.39 is 0 Å². The van der Waals surface area contributed by atoms with Gasteiger partial charge in [-0.1, -0.05) is 23.2 Å². The Morgan fingerprint density at radius 2 is 1.76 bits per heavy atom. The third-order valence-corrected chi connectivity index (χ3v) is 4.84. The van der Waals surface area contributed by atoms with Gasteiger partial charge in [-0.2, -0.15) is 0 Å². The van der Waals surface area contributed by atoms with Crippen LogP contribution in [0.2, 0.25) is 10.0 Å². The van der Waals surface area contributed by atoms with Crippen LogP contribution in [0.15, 0.2) is 18.2 Å². The van der Waals surface area contributed by atoms with Crippen molar-refractivity contribution in [2.45, 2.75) is 25.4 Å². The average molecular weight is 330 g/mol. The maximum atomic E-state index is 6.34. The summed E-state index contributed by atoms with van der Waals surface area (Å²) in [6.07, 6.45) is 3.50. The predicted molar refractivity (Wildman–Crippen MR) is 85.4 cm³/mol. The fourth-order valence-corrected chi connectivity index (χ4v) is 3.84. The van der Waals surface area contributed by atoms with Gasteiger partial charge >= 0.3 is 0 Å². The van der Waals surface area contributed by atoms with Gasteiger partial charge in [0, 0.05) is 41.6 Å². The van der Waals surface area contributed by atoms with Crippen LogP contribution in [0.1, 0.15) is 19.3 Å². The van der Waals surface area contributed by atoms with E-state index in [1.807, 2.05) is 12.1 Å². The molecule has 0 saturated carbocycles. The van der Waals surface area contributed by atoms with E-state index in [1.54, 1.807) is 6.07 Å². The fourth-order valence-electron chi connectivity index (χ4n) is 3.33. The maximum Gasteiger partial charge on any atom is 0.122 e. The Labute approximate surface area is 135 Å². The molecule has 2 aliphatic heterocycles. The van der Waals surface area contributed by atoms with Crippen LogP contribution in [0.25, 0.3) is 0 Å². The number of rotatable bonds is 4. The van der Waals surface area contributed by atoms with Gasteiger partial charge in [0.1, 0.15) is 11.9 Å². The van der Waals surface area contributed by atoms with Crippen molar-refractivity contribution < 1.29 is 9.47 Å². The highest BCUT2D eigenvalue weighted by Gasteiger charge is 2.34. The number of halogens is 2. The summed E-state index contributed by atoms with van der Waals surface area (Å²) in [5.41, 5.74) is 0. The molecular formula is C16H21Cl2NO2. The van der Waals surface area contributed by atoms with E-state index in [-0.39, 0.29) is 6.10 Å². The van der Waals surface area contributed by atoms with Crippen molar-refractivity contribution in [2.75, 3.05) is 26.3 Å². The first-order valence-corrected chi connectivity index (χ1v) is 8.39. The van der Waals surface area contributed by atoms with Crippen LogP contribution in [0.4, 0.5) is 0 Å². The molecule has 0 radical (unpaired) electrons. The van der Waals surface area contributed by atoms with Crippen molar-refractivity contribution in [1.82, 2.24) is 5.32 Å². The summed E-state index contributed by atoms with van der Waals surface area (Å²) in [4.78, 5) is 0. The molecule has 0 bridgehead atoms. The van der Waals surface area contributed by atoms with Gasteiger partial charge in [-0.15, -0.1) is 0 Å². The highest BCUT2D eigenvalue weighted by molar-refractivity contribution is 6.34. The van der Waals surface area contributed by atoms with Gasteiger partial charge in [0.2, 0.25) is 0 Å². The highest BCUT2D eigenvalue weighted by Crippen LogP contribution is 2.33. The standard InChI is InChI=1S/C16H21Cl2NO2/c17-13-7-14(18)9-15(8-13)21-16(12-1-4-19-10-12)11-2-5-20-6-3-11/h7-9,11-12,16,19H,1-6,10H2/t12?,16-/m0/s1. The van der Waals surface area contributed by atoms with Gasteiger partial charge in [-0.3, -0.25) is 0 Å². The molecule has 0 aliphatic carbocycles. The van der Waals surface area contributed by atoms with Crippen LogP contribution < -0.4 is 10.1 Å². The van der Waals surface area contributed by atoms with E-state index in [0.717, 1.165) is 51.3 Å². The fraction of sp³-hybridized carbons (Fsp3) is 0.625. The minimum atomic E-state index is 0.207. The molecule has 116 valence electrons. The first-order valence-electron chi connectivity index (χ1n) is 7.63. The molecule has 1 aromatic rings. The normalized spacial score (nSPS) is 25.0. The summed E-state index contributed by atoms with van der Waals surface area (Å²) >= 11 is 12.2. The van der Waals surface area contributed by atoms with Gasteiger partial charge in [0.15, 0.2) is 0 Å². The smallest absolute Gasteiger partial charge is 0.122 e. The third-order valence-electron chi connectivity index (χ3n) is 4.40. The van der Waals surface area contributed by atoms with E-state index in [4.69, 9.17) is 32.7 Å². The van der Waals surface area contributed by atoms with Crippen LogP contribution in [0.3, 0.4) is 0 Å². The lowest BCUT2D eigenvalue weighted by molar-refractivity contribution is -0.00133. The number of hydrogen-bond acceptors (Lipinski definition) is 3. The first kappa shape index (κ1) is 15.4. The molecular weight excluding hydrogens is 309 g/mol. The van der Waals surface area contributed by atoms with Gasteiger partial charge < -0.3 is 14.8 Å². The van der Waals surface area contributed by atoms with E-state index >= 15 is 0 Å². The molecule has 1 N–H and O–H groups in total. The van der Waals surface area contributed by atoms with Gasteiger partial charge in [0.05, 0.1) is 0 Å². The summed E-state index contributed by atoms with van der Waals surface area (Å²) in [6.45, 7) is 3.77. The molecule has 2 atom stereocenters. The van der Waals surface area contributed by atoms with E-state index in [2.05, 4.69) is 5.32 Å². The van der Waals surface area contributed by atoms with Crippen molar-refractivity contribution in [3.63, 3.8) is 0 Å². The third kappa shape index (κ3) is 4.04. The lowest BCUT2D eigenvalue weighted by Crippen LogP contribution is -2.39. The quantitative estimate of drug-likeness (QED) is 0.911. The molecule has 1 aromatic carbocycles. The van der Waals surface area contributed by atoms with Crippen LogP contribution in [-0.4, -0.2) is 32.4 Å². The van der Waals surface area contributed by atoms with Crippen molar-refractivity contribution in [3.05, 3.63) is 28.2 Å². The van der Waals surface area contributed by atoms with Gasteiger partial charge in [-0.25, -0.2) is 0 Å². The Morgan fingerprint density at radius 1 is 1.05 bits per heavy atom. The Morgan fingerprint density at radius 3 is 2.38 bits per heavy atom. The van der Waals surface area contributed by atoms with Crippen molar-refractivity contribution in [1.29, 1.82) is 0 Å². The molecule has 2 fully saturated rings. The predicted octanol–water partition coefficient (Wildman–Crippen LogP) is 3.78. The lowest BCUT2D eigenvalue weighted by Gasteiger charge is -2.34. The molecule has 3 nitrogen and oxygen atoms in total. The monoisotopic (exact) mass is 329 g/mol. The van der Waals surface area contributed by atoms with Crippen molar-refractivity contribution in [3.8, 4) is 5.75 Å². The second-order valence-electron chi connectivity index (χ2n) is 5.89. The Bertz CT molecular complexity index is 451. The molecule has 3 rings (SSSR count). The Hall–Kier alpha value is -0.480. The lowest BCUT2D eigenvalue weighted by atomic mass is 9.85. The molecule has 0 amide bonds.